The van der Waals surface area contributed by atoms with Crippen molar-refractivity contribution in [1.82, 2.24) is 9.88 Å². The first-order chi connectivity index (χ1) is 12.4. The van der Waals surface area contributed by atoms with Crippen LogP contribution in [0.2, 0.25) is 5.02 Å². The van der Waals surface area contributed by atoms with Gasteiger partial charge in [0, 0.05) is 15.5 Å². The van der Waals surface area contributed by atoms with E-state index in [9.17, 15) is 14.7 Å². The number of hydrogen-bond donors (Lipinski definition) is 2. The first-order valence-corrected chi connectivity index (χ1v) is 9.63. The minimum absolute atomic E-state index is 0.0614. The number of anilines is 1. The number of rotatable bonds is 5. The Morgan fingerprint density at radius 1 is 1.35 bits per heavy atom. The number of aliphatic carboxylic acids is 1. The highest BCUT2D eigenvalue weighted by atomic mass is 35.5. The minimum atomic E-state index is -0.868. The Labute approximate surface area is 160 Å². The average molecular weight is 394 g/mol. The van der Waals surface area contributed by atoms with E-state index in [4.69, 9.17) is 11.6 Å². The molecular formula is C18H20ClN3O3S. The smallest absolute Gasteiger partial charge is 0.320 e. The zero-order valence-corrected chi connectivity index (χ0v) is 15.9. The molecule has 0 bridgehead atoms. The molecule has 1 aliphatic heterocycles. The summed E-state index contributed by atoms with van der Waals surface area (Å²) in [5.41, 5.74) is 1.74. The summed E-state index contributed by atoms with van der Waals surface area (Å²) in [5, 5.41) is 13.3. The molecule has 8 heteroatoms. The van der Waals surface area contributed by atoms with E-state index in [-0.39, 0.29) is 12.5 Å². The molecule has 26 heavy (non-hydrogen) atoms. The van der Waals surface area contributed by atoms with Crippen molar-refractivity contribution in [3.8, 4) is 11.3 Å². The van der Waals surface area contributed by atoms with Crippen molar-refractivity contribution in [3.63, 3.8) is 0 Å². The first-order valence-electron chi connectivity index (χ1n) is 8.44. The van der Waals surface area contributed by atoms with Gasteiger partial charge in [-0.05, 0) is 38.4 Å². The highest BCUT2D eigenvalue weighted by Gasteiger charge is 2.29. The summed E-state index contributed by atoms with van der Waals surface area (Å²) < 4.78 is 0. The maximum absolute atomic E-state index is 12.4. The third-order valence-corrected chi connectivity index (χ3v) is 5.54. The highest BCUT2D eigenvalue weighted by Crippen LogP contribution is 2.31. The molecule has 0 spiro atoms. The molecule has 2 N–H and O–H groups in total. The molecule has 1 unspecified atom stereocenters. The van der Waals surface area contributed by atoms with E-state index in [1.807, 2.05) is 19.1 Å². The summed E-state index contributed by atoms with van der Waals surface area (Å²) in [7, 11) is 0. The molecule has 0 radical (unpaired) electrons. The third-order valence-electron chi connectivity index (χ3n) is 4.41. The molecule has 3 rings (SSSR count). The number of aromatic nitrogens is 1. The number of halogens is 1. The fourth-order valence-electron chi connectivity index (χ4n) is 3.13. The molecule has 2 aromatic rings. The largest absolute Gasteiger partial charge is 0.480 e. The second kappa shape index (κ2) is 8.16. The van der Waals surface area contributed by atoms with E-state index in [1.54, 1.807) is 17.0 Å². The molecule has 138 valence electrons. The van der Waals surface area contributed by atoms with Crippen molar-refractivity contribution in [2.75, 3.05) is 18.4 Å². The highest BCUT2D eigenvalue weighted by molar-refractivity contribution is 7.16. The van der Waals surface area contributed by atoms with Crippen molar-refractivity contribution in [2.24, 2.45) is 0 Å². The normalized spacial score (nSPS) is 17.8. The van der Waals surface area contributed by atoms with E-state index < -0.39 is 12.0 Å². The second-order valence-corrected chi connectivity index (χ2v) is 7.94. The fraction of sp³-hybridized carbons (Fsp3) is 0.389. The standard InChI is InChI=1S/C18H20ClN3O3S/c1-11-16(12-5-7-13(19)8-6-12)21-18(26-11)20-15(23)10-22-9-3-2-4-14(22)17(24)25/h5-8,14H,2-4,9-10H2,1H3,(H,24,25)(H,20,21,23). The van der Waals surface area contributed by atoms with Crippen LogP contribution in [0.1, 0.15) is 24.1 Å². The predicted octanol–water partition coefficient (Wildman–Crippen LogP) is 3.65. The maximum atomic E-state index is 12.4. The number of likely N-dealkylation sites (tertiary alicyclic amines) is 1. The number of carboxylic acid groups (broad SMARTS) is 1. The number of hydrogen-bond acceptors (Lipinski definition) is 5. The zero-order valence-electron chi connectivity index (χ0n) is 14.4. The van der Waals surface area contributed by atoms with Crippen molar-refractivity contribution in [1.29, 1.82) is 0 Å². The van der Waals surface area contributed by atoms with Crippen LogP contribution in [0, 0.1) is 6.92 Å². The predicted molar refractivity (Wildman–Crippen MR) is 103 cm³/mol. The van der Waals surface area contributed by atoms with Crippen molar-refractivity contribution < 1.29 is 14.7 Å². The molecule has 1 atom stereocenters. The van der Waals surface area contributed by atoms with Crippen LogP contribution in [-0.4, -0.2) is 46.0 Å². The molecule has 0 saturated carbocycles. The summed E-state index contributed by atoms with van der Waals surface area (Å²) >= 11 is 7.32. The molecule has 1 fully saturated rings. The monoisotopic (exact) mass is 393 g/mol. The zero-order chi connectivity index (χ0) is 18.7. The van der Waals surface area contributed by atoms with Gasteiger partial charge in [0.1, 0.15) is 6.04 Å². The van der Waals surface area contributed by atoms with Gasteiger partial charge in [0.25, 0.3) is 0 Å². The van der Waals surface area contributed by atoms with Gasteiger partial charge in [-0.1, -0.05) is 30.2 Å². The third kappa shape index (κ3) is 4.41. The Kier molecular flexibility index (Phi) is 5.90. The lowest BCUT2D eigenvalue weighted by Gasteiger charge is -2.31. The van der Waals surface area contributed by atoms with Crippen molar-refractivity contribution in [3.05, 3.63) is 34.2 Å². The van der Waals surface area contributed by atoms with Crippen LogP contribution in [0.25, 0.3) is 11.3 Å². The number of benzene rings is 1. The van der Waals surface area contributed by atoms with Crippen LogP contribution in [-0.2, 0) is 9.59 Å². The van der Waals surface area contributed by atoms with E-state index in [1.165, 1.54) is 11.3 Å². The van der Waals surface area contributed by atoms with Gasteiger partial charge in [-0.15, -0.1) is 11.3 Å². The van der Waals surface area contributed by atoms with Crippen LogP contribution >= 0.6 is 22.9 Å². The van der Waals surface area contributed by atoms with Crippen LogP contribution in [0.15, 0.2) is 24.3 Å². The summed E-state index contributed by atoms with van der Waals surface area (Å²) in [6.45, 7) is 2.63. The molecule has 1 aliphatic rings. The lowest BCUT2D eigenvalue weighted by molar-refractivity contribution is -0.145. The van der Waals surface area contributed by atoms with Crippen LogP contribution in [0.4, 0.5) is 5.13 Å². The summed E-state index contributed by atoms with van der Waals surface area (Å²) in [6, 6.07) is 6.80. The number of carbonyl (C=O) groups excluding carboxylic acids is 1. The van der Waals surface area contributed by atoms with Crippen LogP contribution < -0.4 is 5.32 Å². The number of carboxylic acids is 1. The van der Waals surface area contributed by atoms with Gasteiger partial charge >= 0.3 is 5.97 Å². The molecule has 0 aliphatic carbocycles. The minimum Gasteiger partial charge on any atom is -0.480 e. The molecule has 1 aromatic heterocycles. The average Bonchev–Trinajstić information content (AvgIpc) is 2.96. The van der Waals surface area contributed by atoms with Gasteiger partial charge in [-0.3, -0.25) is 14.5 Å². The van der Waals surface area contributed by atoms with Crippen molar-refractivity contribution >= 4 is 39.9 Å². The topological polar surface area (TPSA) is 82.5 Å². The number of aryl methyl sites for hydroxylation is 1. The van der Waals surface area contributed by atoms with Gasteiger partial charge in [0.2, 0.25) is 5.91 Å². The number of carbonyl (C=O) groups is 2. The van der Waals surface area contributed by atoms with Gasteiger partial charge in [-0.25, -0.2) is 4.98 Å². The lowest BCUT2D eigenvalue weighted by atomic mass is 10.0. The Balaban J connectivity index is 1.67. The van der Waals surface area contributed by atoms with Gasteiger partial charge in [0.05, 0.1) is 12.2 Å². The Hall–Kier alpha value is -1.96. The molecule has 1 aromatic carbocycles. The second-order valence-electron chi connectivity index (χ2n) is 6.30. The number of amides is 1. The van der Waals surface area contributed by atoms with Gasteiger partial charge in [0.15, 0.2) is 5.13 Å². The van der Waals surface area contributed by atoms with E-state index >= 15 is 0 Å². The van der Waals surface area contributed by atoms with E-state index in [0.29, 0.717) is 23.1 Å². The van der Waals surface area contributed by atoms with Crippen LogP contribution in [0.5, 0.6) is 0 Å². The molecule has 2 heterocycles. The molecule has 1 saturated heterocycles. The fourth-order valence-corrected chi connectivity index (χ4v) is 4.11. The summed E-state index contributed by atoms with van der Waals surface area (Å²) in [5.74, 6) is -1.11. The number of nitrogens with zero attached hydrogens (tertiary/aromatic N) is 2. The van der Waals surface area contributed by atoms with Crippen LogP contribution in [0.3, 0.4) is 0 Å². The molecule has 6 nitrogen and oxygen atoms in total. The summed E-state index contributed by atoms with van der Waals surface area (Å²) in [6.07, 6.45) is 2.37. The van der Waals surface area contributed by atoms with Crippen molar-refractivity contribution in [2.45, 2.75) is 32.2 Å². The maximum Gasteiger partial charge on any atom is 0.320 e. The SMILES string of the molecule is Cc1sc(NC(=O)CN2CCCCC2C(=O)O)nc1-c1ccc(Cl)cc1. The number of nitrogens with one attached hydrogen (secondary N) is 1. The Morgan fingerprint density at radius 2 is 2.08 bits per heavy atom. The Bertz CT molecular complexity index is 807. The molecule has 1 amide bonds. The van der Waals surface area contributed by atoms with Gasteiger partial charge < -0.3 is 10.4 Å². The van der Waals surface area contributed by atoms with Gasteiger partial charge in [-0.2, -0.15) is 0 Å². The quantitative estimate of drug-likeness (QED) is 0.810. The molecular weight excluding hydrogens is 374 g/mol. The number of thiazole rings is 1. The number of piperidine rings is 1. The van der Waals surface area contributed by atoms with E-state index in [0.717, 1.165) is 29.0 Å². The first kappa shape index (κ1) is 18.8. The lowest BCUT2D eigenvalue weighted by Crippen LogP contribution is -2.47. The Morgan fingerprint density at radius 3 is 2.77 bits per heavy atom. The van der Waals surface area contributed by atoms with E-state index in [2.05, 4.69) is 10.3 Å². The summed E-state index contributed by atoms with van der Waals surface area (Å²) in [4.78, 5) is 30.9.